The fourth-order valence-electron chi connectivity index (χ4n) is 1.58. The van der Waals surface area contributed by atoms with Gasteiger partial charge in [0.15, 0.2) is 5.02 Å². The molecule has 0 aliphatic carbocycles. The van der Waals surface area contributed by atoms with Crippen LogP contribution in [0, 0.1) is 0 Å². The first-order chi connectivity index (χ1) is 8.88. The van der Waals surface area contributed by atoms with E-state index in [9.17, 15) is 4.79 Å². The van der Waals surface area contributed by atoms with Gasteiger partial charge in [-0.05, 0) is 23.1 Å². The topological polar surface area (TPSA) is 55.0 Å². The van der Waals surface area contributed by atoms with Crippen LogP contribution in [-0.2, 0) is 5.41 Å². The molecule has 0 saturated carbocycles. The Morgan fingerprint density at radius 2 is 2.05 bits per heavy atom. The summed E-state index contributed by atoms with van der Waals surface area (Å²) < 4.78 is 5.56. The first kappa shape index (κ1) is 13.6. The Labute approximate surface area is 116 Å². The Balaban J connectivity index is 2.34. The lowest BCUT2D eigenvalue weighted by atomic mass is 9.87. The second kappa shape index (κ2) is 5.05. The number of nitrogens with one attached hydrogen (secondary N) is 1. The highest BCUT2D eigenvalue weighted by atomic mass is 35.5. The third kappa shape index (κ3) is 3.15. The Bertz CT molecular complexity index is 644. The van der Waals surface area contributed by atoms with E-state index >= 15 is 0 Å². The van der Waals surface area contributed by atoms with E-state index in [4.69, 9.17) is 16.3 Å². The van der Waals surface area contributed by atoms with Gasteiger partial charge in [-0.3, -0.25) is 4.79 Å². The van der Waals surface area contributed by atoms with Gasteiger partial charge < -0.3 is 9.72 Å². The van der Waals surface area contributed by atoms with Crippen molar-refractivity contribution in [3.05, 3.63) is 51.5 Å². The third-order valence-corrected chi connectivity index (χ3v) is 3.01. The van der Waals surface area contributed by atoms with Crippen LogP contribution in [0.2, 0.25) is 5.02 Å². The van der Waals surface area contributed by atoms with E-state index in [2.05, 4.69) is 30.7 Å². The highest BCUT2D eigenvalue weighted by molar-refractivity contribution is 6.31. The van der Waals surface area contributed by atoms with E-state index in [0.717, 1.165) is 5.56 Å². The number of hydrogen-bond donors (Lipinski definition) is 1. The molecule has 4 nitrogen and oxygen atoms in total. The summed E-state index contributed by atoms with van der Waals surface area (Å²) in [7, 11) is 0. The minimum atomic E-state index is -0.418. The molecule has 0 amide bonds. The predicted molar refractivity (Wildman–Crippen MR) is 75.1 cm³/mol. The maximum absolute atomic E-state index is 11.3. The van der Waals surface area contributed by atoms with Crippen LogP contribution in [0.15, 0.2) is 35.4 Å². The second-order valence-corrected chi connectivity index (χ2v) is 5.61. The monoisotopic (exact) mass is 278 g/mol. The molecule has 0 saturated heterocycles. The van der Waals surface area contributed by atoms with E-state index < -0.39 is 5.56 Å². The highest BCUT2D eigenvalue weighted by Gasteiger charge is 2.15. The lowest BCUT2D eigenvalue weighted by Crippen LogP contribution is -2.11. The van der Waals surface area contributed by atoms with Crippen molar-refractivity contribution in [2.24, 2.45) is 0 Å². The average Bonchev–Trinajstić information content (AvgIpc) is 2.34. The molecule has 1 aromatic carbocycles. The van der Waals surface area contributed by atoms with Crippen LogP contribution in [0.4, 0.5) is 0 Å². The van der Waals surface area contributed by atoms with E-state index in [0.29, 0.717) is 5.75 Å². The van der Waals surface area contributed by atoms with Crippen molar-refractivity contribution in [1.82, 2.24) is 9.97 Å². The van der Waals surface area contributed by atoms with Gasteiger partial charge in [0.25, 0.3) is 5.56 Å². The van der Waals surface area contributed by atoms with Gasteiger partial charge in [0.05, 0.1) is 6.33 Å². The lowest BCUT2D eigenvalue weighted by molar-refractivity contribution is 0.457. The molecule has 19 heavy (non-hydrogen) atoms. The molecule has 1 aromatic heterocycles. The molecule has 5 heteroatoms. The third-order valence-electron chi connectivity index (χ3n) is 2.68. The number of aromatic nitrogens is 2. The van der Waals surface area contributed by atoms with Crippen LogP contribution in [-0.4, -0.2) is 9.97 Å². The summed E-state index contributed by atoms with van der Waals surface area (Å²) in [5.41, 5.74) is 0.731. The zero-order valence-corrected chi connectivity index (χ0v) is 11.8. The number of nitrogens with zero attached hydrogens (tertiary/aromatic N) is 1. The number of aromatic amines is 1. The zero-order valence-electron chi connectivity index (χ0n) is 11.0. The van der Waals surface area contributed by atoms with Crippen LogP contribution < -0.4 is 10.3 Å². The SMILES string of the molecule is CC(C)(C)c1cccc(Oc2nc[nH]c(=O)c2Cl)c1. The molecule has 1 N–H and O–H groups in total. The molecule has 2 aromatic rings. The highest BCUT2D eigenvalue weighted by Crippen LogP contribution is 2.29. The first-order valence-electron chi connectivity index (χ1n) is 5.89. The number of H-pyrrole nitrogens is 1. The van der Waals surface area contributed by atoms with Crippen molar-refractivity contribution < 1.29 is 4.74 Å². The average molecular weight is 279 g/mol. The van der Waals surface area contributed by atoms with Gasteiger partial charge in [0.2, 0.25) is 5.88 Å². The minimum absolute atomic E-state index is 0.0186. The smallest absolute Gasteiger partial charge is 0.273 e. The maximum Gasteiger partial charge on any atom is 0.273 e. The molecule has 2 rings (SSSR count). The van der Waals surface area contributed by atoms with Crippen molar-refractivity contribution in [3.63, 3.8) is 0 Å². The molecular weight excluding hydrogens is 264 g/mol. The quantitative estimate of drug-likeness (QED) is 0.914. The Morgan fingerprint density at radius 3 is 2.74 bits per heavy atom. The Hall–Kier alpha value is -1.81. The van der Waals surface area contributed by atoms with Gasteiger partial charge in [-0.15, -0.1) is 0 Å². The number of ether oxygens (including phenoxy) is 1. The molecule has 0 bridgehead atoms. The van der Waals surface area contributed by atoms with Crippen molar-refractivity contribution in [3.8, 4) is 11.6 Å². The summed E-state index contributed by atoms with van der Waals surface area (Å²) in [6.07, 6.45) is 1.26. The number of rotatable bonds is 2. The van der Waals surface area contributed by atoms with E-state index in [1.54, 1.807) is 6.07 Å². The fraction of sp³-hybridized carbons (Fsp3) is 0.286. The van der Waals surface area contributed by atoms with Gasteiger partial charge >= 0.3 is 0 Å². The second-order valence-electron chi connectivity index (χ2n) is 5.23. The molecule has 0 radical (unpaired) electrons. The summed E-state index contributed by atoms with van der Waals surface area (Å²) in [5.74, 6) is 0.712. The van der Waals surface area contributed by atoms with Crippen LogP contribution >= 0.6 is 11.6 Å². The standard InChI is InChI=1S/C14H15ClN2O2/c1-14(2,3)9-5-4-6-10(7-9)19-13-11(15)12(18)16-8-17-13/h4-8H,1-3H3,(H,16,17,18). The molecule has 1 heterocycles. The van der Waals surface area contributed by atoms with Gasteiger partial charge in [-0.1, -0.05) is 44.5 Å². The molecule has 0 aliphatic rings. The summed E-state index contributed by atoms with van der Waals surface area (Å²) in [6.45, 7) is 6.35. The Kier molecular flexibility index (Phi) is 3.62. The van der Waals surface area contributed by atoms with Gasteiger partial charge in [0.1, 0.15) is 5.75 Å². The molecular formula is C14H15ClN2O2. The maximum atomic E-state index is 11.3. The molecule has 0 fully saturated rings. The Morgan fingerprint density at radius 1 is 1.32 bits per heavy atom. The number of benzene rings is 1. The van der Waals surface area contributed by atoms with Crippen LogP contribution in [0.25, 0.3) is 0 Å². The van der Waals surface area contributed by atoms with Crippen LogP contribution in [0.3, 0.4) is 0 Å². The molecule has 0 atom stereocenters. The lowest BCUT2D eigenvalue weighted by Gasteiger charge is -2.19. The van der Waals surface area contributed by atoms with E-state index in [1.165, 1.54) is 6.33 Å². The van der Waals surface area contributed by atoms with Gasteiger partial charge in [-0.25, -0.2) is 4.98 Å². The van der Waals surface area contributed by atoms with Crippen molar-refractivity contribution in [1.29, 1.82) is 0 Å². The fourth-order valence-corrected chi connectivity index (χ4v) is 1.72. The largest absolute Gasteiger partial charge is 0.437 e. The summed E-state index contributed by atoms with van der Waals surface area (Å²) in [6, 6.07) is 7.64. The first-order valence-corrected chi connectivity index (χ1v) is 6.27. The molecule has 0 unspecified atom stereocenters. The normalized spacial score (nSPS) is 11.4. The summed E-state index contributed by atoms with van der Waals surface area (Å²) in [4.78, 5) is 17.6. The molecule has 100 valence electrons. The predicted octanol–water partition coefficient (Wildman–Crippen LogP) is 3.51. The van der Waals surface area contributed by atoms with Crippen molar-refractivity contribution in [2.45, 2.75) is 26.2 Å². The summed E-state index contributed by atoms with van der Waals surface area (Å²) in [5, 5.41) is -0.0522. The number of hydrogen-bond acceptors (Lipinski definition) is 3. The van der Waals surface area contributed by atoms with Gasteiger partial charge in [-0.2, -0.15) is 0 Å². The van der Waals surface area contributed by atoms with Crippen LogP contribution in [0.5, 0.6) is 11.6 Å². The van der Waals surface area contributed by atoms with Gasteiger partial charge in [0, 0.05) is 0 Å². The molecule has 0 spiro atoms. The molecule has 0 aliphatic heterocycles. The zero-order chi connectivity index (χ0) is 14.0. The van der Waals surface area contributed by atoms with Crippen LogP contribution in [0.1, 0.15) is 26.3 Å². The van der Waals surface area contributed by atoms with Crippen molar-refractivity contribution >= 4 is 11.6 Å². The van der Waals surface area contributed by atoms with E-state index in [1.807, 2.05) is 18.2 Å². The summed E-state index contributed by atoms with van der Waals surface area (Å²) >= 11 is 5.84. The van der Waals surface area contributed by atoms with Crippen molar-refractivity contribution in [2.75, 3.05) is 0 Å². The van der Waals surface area contributed by atoms with E-state index in [-0.39, 0.29) is 16.3 Å². The minimum Gasteiger partial charge on any atom is -0.437 e. The number of halogens is 1.